The average Bonchev–Trinajstić information content (AvgIpc) is 2.37. The first-order valence-corrected chi connectivity index (χ1v) is 5.50. The molecule has 5 nitrogen and oxygen atoms in total. The topological polar surface area (TPSA) is 91.7 Å². The number of nitrogens with one attached hydrogen (secondary N) is 2. The van der Waals surface area contributed by atoms with E-state index < -0.39 is 34.8 Å². The summed E-state index contributed by atoms with van der Waals surface area (Å²) in [6.45, 7) is 0. The maximum Gasteiger partial charge on any atom is 0.455 e. The zero-order valence-corrected chi connectivity index (χ0v) is 10.1. The molecule has 1 unspecified atom stereocenters. The molecule has 1 atom stereocenters. The Bertz CT molecular complexity index is 793. The Morgan fingerprint density at radius 2 is 1.48 bits per heavy atom. The lowest BCUT2D eigenvalue weighted by Gasteiger charge is -2.26. The van der Waals surface area contributed by atoms with Gasteiger partial charge in [0.05, 0.1) is 11.0 Å². The van der Waals surface area contributed by atoms with Crippen LogP contribution in [0.3, 0.4) is 0 Å². The van der Waals surface area contributed by atoms with Crippen molar-refractivity contribution in [1.82, 2.24) is 9.97 Å². The minimum Gasteiger partial charge on any atom is -0.319 e. The van der Waals surface area contributed by atoms with Crippen LogP contribution in [-0.4, -0.2) is 22.1 Å². The lowest BCUT2D eigenvalue weighted by molar-refractivity contribution is -0.290. The molecule has 1 heterocycles. The molecule has 114 valence electrons. The standard InChI is InChI=1S/C11H8F5N3O2/c12-10(13,11(14,15)16)7(17)4-1-2-5-6(3-4)19-9(21)8(20)18-5/h1-3,7H,17H2,(H,18,20)(H,19,21). The zero-order valence-electron chi connectivity index (χ0n) is 10.1. The second kappa shape index (κ2) is 4.65. The van der Waals surface area contributed by atoms with Crippen molar-refractivity contribution >= 4 is 11.0 Å². The van der Waals surface area contributed by atoms with Gasteiger partial charge in [-0.2, -0.15) is 22.0 Å². The molecule has 0 aliphatic carbocycles. The van der Waals surface area contributed by atoms with Crippen LogP contribution in [0.1, 0.15) is 11.6 Å². The van der Waals surface area contributed by atoms with Crippen LogP contribution in [0.15, 0.2) is 27.8 Å². The number of hydrogen-bond acceptors (Lipinski definition) is 3. The SMILES string of the molecule is NC(c1ccc2[nH]c(=O)c(=O)[nH]c2c1)C(F)(F)C(F)(F)F. The Morgan fingerprint density at radius 1 is 0.952 bits per heavy atom. The predicted octanol–water partition coefficient (Wildman–Crippen LogP) is 1.41. The predicted molar refractivity (Wildman–Crippen MR) is 63.1 cm³/mol. The number of halogens is 5. The van der Waals surface area contributed by atoms with Gasteiger partial charge in [-0.05, 0) is 17.7 Å². The van der Waals surface area contributed by atoms with E-state index in [9.17, 15) is 31.5 Å². The second-order valence-electron chi connectivity index (χ2n) is 4.31. The summed E-state index contributed by atoms with van der Waals surface area (Å²) in [7, 11) is 0. The number of aromatic amines is 2. The van der Waals surface area contributed by atoms with Gasteiger partial charge in [0.25, 0.3) is 0 Å². The Balaban J connectivity index is 2.55. The molecule has 21 heavy (non-hydrogen) atoms. The van der Waals surface area contributed by atoms with Crippen LogP contribution in [0.4, 0.5) is 22.0 Å². The summed E-state index contributed by atoms with van der Waals surface area (Å²) in [6, 6.07) is 0.212. The molecular formula is C11H8F5N3O2. The molecule has 0 bridgehead atoms. The average molecular weight is 309 g/mol. The van der Waals surface area contributed by atoms with Crippen LogP contribution >= 0.6 is 0 Å². The number of hydrogen-bond donors (Lipinski definition) is 3. The van der Waals surface area contributed by atoms with E-state index in [1.54, 1.807) is 0 Å². The van der Waals surface area contributed by atoms with Gasteiger partial charge in [-0.1, -0.05) is 6.07 Å². The van der Waals surface area contributed by atoms with E-state index in [0.717, 1.165) is 18.2 Å². The van der Waals surface area contributed by atoms with Gasteiger partial charge in [0.2, 0.25) is 0 Å². The summed E-state index contributed by atoms with van der Waals surface area (Å²) in [6.07, 6.45) is -5.81. The number of nitrogens with two attached hydrogens (primary N) is 1. The molecule has 0 fully saturated rings. The summed E-state index contributed by atoms with van der Waals surface area (Å²) in [5.41, 5.74) is 2.39. The quantitative estimate of drug-likeness (QED) is 0.578. The van der Waals surface area contributed by atoms with Crippen LogP contribution in [-0.2, 0) is 0 Å². The van der Waals surface area contributed by atoms with Gasteiger partial charge in [-0.25, -0.2) is 0 Å². The fourth-order valence-electron chi connectivity index (χ4n) is 1.71. The van der Waals surface area contributed by atoms with Crippen LogP contribution in [0.5, 0.6) is 0 Å². The first kappa shape index (κ1) is 15.2. The minimum absolute atomic E-state index is 0.0749. The van der Waals surface area contributed by atoms with Gasteiger partial charge in [-0.15, -0.1) is 0 Å². The van der Waals surface area contributed by atoms with Crippen LogP contribution in [0.25, 0.3) is 11.0 Å². The highest BCUT2D eigenvalue weighted by Crippen LogP contribution is 2.43. The molecule has 0 aliphatic heterocycles. The molecule has 1 aromatic heterocycles. The first-order valence-electron chi connectivity index (χ1n) is 5.50. The monoisotopic (exact) mass is 309 g/mol. The van der Waals surface area contributed by atoms with Crippen molar-refractivity contribution in [1.29, 1.82) is 0 Å². The van der Waals surface area contributed by atoms with Crippen molar-refractivity contribution in [3.05, 3.63) is 44.5 Å². The van der Waals surface area contributed by atoms with E-state index in [1.807, 2.05) is 0 Å². The van der Waals surface area contributed by atoms with Crippen LogP contribution < -0.4 is 16.9 Å². The van der Waals surface area contributed by atoms with Crippen LogP contribution in [0.2, 0.25) is 0 Å². The lowest BCUT2D eigenvalue weighted by Crippen LogP contribution is -2.45. The third-order valence-corrected chi connectivity index (χ3v) is 2.87. The van der Waals surface area contributed by atoms with Crippen molar-refractivity contribution in [2.24, 2.45) is 5.73 Å². The van der Waals surface area contributed by atoms with E-state index in [0.29, 0.717) is 0 Å². The van der Waals surface area contributed by atoms with Gasteiger partial charge in [0, 0.05) is 0 Å². The highest BCUT2D eigenvalue weighted by atomic mass is 19.4. The molecule has 0 radical (unpaired) electrons. The third-order valence-electron chi connectivity index (χ3n) is 2.87. The van der Waals surface area contributed by atoms with E-state index in [4.69, 9.17) is 5.73 Å². The van der Waals surface area contributed by atoms with E-state index in [1.165, 1.54) is 0 Å². The number of alkyl halides is 5. The van der Waals surface area contributed by atoms with E-state index >= 15 is 0 Å². The number of H-pyrrole nitrogens is 2. The molecular weight excluding hydrogens is 301 g/mol. The summed E-state index contributed by atoms with van der Waals surface area (Å²) < 4.78 is 63.1. The van der Waals surface area contributed by atoms with Gasteiger partial charge >= 0.3 is 23.2 Å². The maximum atomic E-state index is 13.2. The van der Waals surface area contributed by atoms with Gasteiger partial charge in [0.15, 0.2) is 0 Å². The number of rotatable bonds is 2. The maximum absolute atomic E-state index is 13.2. The number of aromatic nitrogens is 2. The molecule has 0 saturated carbocycles. The van der Waals surface area contributed by atoms with Crippen LogP contribution in [0, 0.1) is 0 Å². The smallest absolute Gasteiger partial charge is 0.319 e. The number of fused-ring (bicyclic) bond motifs is 1. The molecule has 2 aromatic rings. The van der Waals surface area contributed by atoms with Crippen molar-refractivity contribution in [3.8, 4) is 0 Å². The Hall–Kier alpha value is -2.23. The Kier molecular flexibility index (Phi) is 3.36. The zero-order chi connectivity index (χ0) is 16.0. The molecule has 0 spiro atoms. The molecule has 4 N–H and O–H groups in total. The highest BCUT2D eigenvalue weighted by molar-refractivity contribution is 5.74. The largest absolute Gasteiger partial charge is 0.455 e. The van der Waals surface area contributed by atoms with Gasteiger partial charge < -0.3 is 15.7 Å². The fraction of sp³-hybridized carbons (Fsp3) is 0.273. The molecule has 10 heteroatoms. The Labute approximate surface area is 112 Å². The second-order valence-corrected chi connectivity index (χ2v) is 4.31. The molecule has 2 rings (SSSR count). The number of benzene rings is 1. The molecule has 0 aliphatic rings. The van der Waals surface area contributed by atoms with E-state index in [2.05, 4.69) is 9.97 Å². The highest BCUT2D eigenvalue weighted by Gasteiger charge is 2.61. The van der Waals surface area contributed by atoms with Gasteiger partial charge in [-0.3, -0.25) is 9.59 Å². The molecule has 0 amide bonds. The van der Waals surface area contributed by atoms with Gasteiger partial charge in [0.1, 0.15) is 6.04 Å². The van der Waals surface area contributed by atoms with Crippen molar-refractivity contribution in [3.63, 3.8) is 0 Å². The third kappa shape index (κ3) is 2.53. The minimum atomic E-state index is -5.81. The van der Waals surface area contributed by atoms with Crippen molar-refractivity contribution in [2.75, 3.05) is 0 Å². The van der Waals surface area contributed by atoms with E-state index in [-0.39, 0.29) is 11.0 Å². The summed E-state index contributed by atoms with van der Waals surface area (Å²) >= 11 is 0. The first-order chi connectivity index (χ1) is 9.54. The lowest BCUT2D eigenvalue weighted by atomic mass is 10.0. The summed E-state index contributed by atoms with van der Waals surface area (Å²) in [5.74, 6) is -5.14. The fourth-order valence-corrected chi connectivity index (χ4v) is 1.71. The van der Waals surface area contributed by atoms with Crippen molar-refractivity contribution in [2.45, 2.75) is 18.1 Å². The molecule has 1 aromatic carbocycles. The molecule has 0 saturated heterocycles. The van der Waals surface area contributed by atoms with Crippen molar-refractivity contribution < 1.29 is 22.0 Å². The summed E-state index contributed by atoms with van der Waals surface area (Å²) in [5, 5.41) is 0. The summed E-state index contributed by atoms with van der Waals surface area (Å²) in [4.78, 5) is 26.4. The normalized spacial score (nSPS) is 14.4. The Morgan fingerprint density at radius 3 is 2.00 bits per heavy atom.